The summed E-state index contributed by atoms with van der Waals surface area (Å²) in [5.74, 6) is -1.11. The molecule has 0 aliphatic carbocycles. The summed E-state index contributed by atoms with van der Waals surface area (Å²) in [6.45, 7) is 0.676. The van der Waals surface area contributed by atoms with Crippen molar-refractivity contribution in [2.75, 3.05) is 13.6 Å². The Morgan fingerprint density at radius 3 is 2.95 bits per heavy atom. The molecule has 0 bridgehead atoms. The number of β-lactam (4-membered cyclic amide) rings is 1. The number of carboxylic acids is 1. The maximum atomic E-state index is 11.4. The maximum absolute atomic E-state index is 11.4. The summed E-state index contributed by atoms with van der Waals surface area (Å²) in [4.78, 5) is 24.8. The summed E-state index contributed by atoms with van der Waals surface area (Å²) in [5.41, 5.74) is 0.169. The van der Waals surface area contributed by atoms with Gasteiger partial charge in [0.2, 0.25) is 5.91 Å². The minimum absolute atomic E-state index is 0.0000518. The van der Waals surface area contributed by atoms with Gasteiger partial charge in [-0.3, -0.25) is 9.69 Å². The summed E-state index contributed by atoms with van der Waals surface area (Å²) in [6, 6.07) is 0. The number of amides is 1. The van der Waals surface area contributed by atoms with Gasteiger partial charge in [0, 0.05) is 18.5 Å². The number of hydrogen-bond donors (Lipinski definition) is 3. The molecule has 0 saturated carbocycles. The SMILES string of the molecule is CNC(=S)NCCCC1=C(C(=O)O)N2C(=O)C[C@H]2S1. The number of rotatable bonds is 5. The van der Waals surface area contributed by atoms with Crippen LogP contribution in [0, 0.1) is 0 Å². The molecule has 6 nitrogen and oxygen atoms in total. The molecule has 3 N–H and O–H groups in total. The van der Waals surface area contributed by atoms with Crippen LogP contribution in [0.3, 0.4) is 0 Å². The lowest BCUT2D eigenvalue weighted by Crippen LogP contribution is -2.48. The molecule has 2 aliphatic rings. The molecule has 0 aromatic heterocycles. The van der Waals surface area contributed by atoms with Crippen LogP contribution in [0.4, 0.5) is 0 Å². The Morgan fingerprint density at radius 2 is 2.37 bits per heavy atom. The first-order chi connectivity index (χ1) is 9.04. The summed E-state index contributed by atoms with van der Waals surface area (Å²) in [6.07, 6.45) is 1.86. The van der Waals surface area contributed by atoms with Crippen LogP contribution in [0.1, 0.15) is 19.3 Å². The van der Waals surface area contributed by atoms with Gasteiger partial charge in [-0.05, 0) is 25.1 Å². The van der Waals surface area contributed by atoms with Crippen LogP contribution in [0.5, 0.6) is 0 Å². The standard InChI is InChI=1S/C11H15N3O3S2/c1-12-11(18)13-4-2-3-6-9(10(16)17)14-7(15)5-8(14)19-6/h8H,2-5H2,1H3,(H,16,17)(H2,12,13,18)/t8-/m1/s1. The van der Waals surface area contributed by atoms with Gasteiger partial charge in [-0.2, -0.15) is 0 Å². The highest BCUT2D eigenvalue weighted by Gasteiger charge is 2.47. The van der Waals surface area contributed by atoms with Gasteiger partial charge in [0.15, 0.2) is 5.11 Å². The molecular formula is C11H15N3O3S2. The van der Waals surface area contributed by atoms with Crippen molar-refractivity contribution in [2.45, 2.75) is 24.6 Å². The third-order valence-corrected chi connectivity index (χ3v) is 4.67. The topological polar surface area (TPSA) is 81.7 Å². The number of hydrogen-bond acceptors (Lipinski definition) is 4. The summed E-state index contributed by atoms with van der Waals surface area (Å²) in [7, 11) is 1.74. The van der Waals surface area contributed by atoms with Crippen molar-refractivity contribution in [3.63, 3.8) is 0 Å². The van der Waals surface area contributed by atoms with E-state index in [1.165, 1.54) is 16.7 Å². The number of thioether (sulfide) groups is 1. The quantitative estimate of drug-likeness (QED) is 0.387. The van der Waals surface area contributed by atoms with E-state index in [0.717, 1.165) is 11.3 Å². The monoisotopic (exact) mass is 301 g/mol. The second-order valence-corrected chi connectivity index (χ2v) is 5.91. The van der Waals surface area contributed by atoms with Crippen molar-refractivity contribution < 1.29 is 14.7 Å². The second-order valence-electron chi connectivity index (χ2n) is 4.23. The third kappa shape index (κ3) is 2.84. The Kier molecular flexibility index (Phi) is 4.31. The van der Waals surface area contributed by atoms with E-state index in [0.29, 0.717) is 24.5 Å². The summed E-state index contributed by atoms with van der Waals surface area (Å²) < 4.78 is 0. The molecule has 0 unspecified atom stereocenters. The zero-order valence-electron chi connectivity index (χ0n) is 10.4. The molecule has 2 heterocycles. The van der Waals surface area contributed by atoms with E-state index in [2.05, 4.69) is 10.6 Å². The third-order valence-electron chi connectivity index (χ3n) is 2.99. The first-order valence-corrected chi connectivity index (χ1v) is 7.24. The molecule has 0 spiro atoms. The average molecular weight is 301 g/mol. The fraction of sp³-hybridized carbons (Fsp3) is 0.545. The predicted octanol–water partition coefficient (Wildman–Crippen LogP) is 0.462. The first-order valence-electron chi connectivity index (χ1n) is 5.95. The van der Waals surface area contributed by atoms with Crippen LogP contribution in [0.2, 0.25) is 0 Å². The van der Waals surface area contributed by atoms with E-state index in [1.807, 2.05) is 0 Å². The normalized spacial score (nSPS) is 21.0. The van der Waals surface area contributed by atoms with Crippen LogP contribution >= 0.6 is 24.0 Å². The van der Waals surface area contributed by atoms with E-state index in [-0.39, 0.29) is 17.0 Å². The Bertz CT molecular complexity index is 464. The smallest absolute Gasteiger partial charge is 0.353 e. The van der Waals surface area contributed by atoms with Crippen molar-refractivity contribution in [1.82, 2.24) is 15.5 Å². The average Bonchev–Trinajstić information content (AvgIpc) is 2.67. The molecule has 104 valence electrons. The predicted molar refractivity (Wildman–Crippen MR) is 76.4 cm³/mol. The fourth-order valence-electron chi connectivity index (χ4n) is 2.04. The largest absolute Gasteiger partial charge is 0.477 e. The molecule has 0 radical (unpaired) electrons. The van der Waals surface area contributed by atoms with Gasteiger partial charge >= 0.3 is 5.97 Å². The lowest BCUT2D eigenvalue weighted by molar-refractivity contribution is -0.145. The Balaban J connectivity index is 1.90. The molecule has 1 amide bonds. The Hall–Kier alpha value is -1.28. The van der Waals surface area contributed by atoms with Crippen molar-refractivity contribution in [3.8, 4) is 0 Å². The zero-order chi connectivity index (χ0) is 14.0. The zero-order valence-corrected chi connectivity index (χ0v) is 12.1. The van der Waals surface area contributed by atoms with Crippen molar-refractivity contribution >= 4 is 41.0 Å². The van der Waals surface area contributed by atoms with Gasteiger partial charge in [-0.25, -0.2) is 4.79 Å². The number of aliphatic carboxylic acids is 1. The lowest BCUT2D eigenvalue weighted by atomic mass is 10.1. The minimum Gasteiger partial charge on any atom is -0.477 e. The van der Waals surface area contributed by atoms with E-state index in [9.17, 15) is 14.7 Å². The number of carbonyl (C=O) groups excluding carboxylic acids is 1. The van der Waals surface area contributed by atoms with E-state index >= 15 is 0 Å². The number of carbonyl (C=O) groups is 2. The van der Waals surface area contributed by atoms with Crippen molar-refractivity contribution in [1.29, 1.82) is 0 Å². The fourth-order valence-corrected chi connectivity index (χ4v) is 3.59. The molecule has 2 rings (SSSR count). The number of fused-ring (bicyclic) bond motifs is 1. The molecule has 8 heteroatoms. The van der Waals surface area contributed by atoms with Crippen LogP contribution in [-0.4, -0.2) is 46.0 Å². The molecule has 1 atom stereocenters. The highest BCUT2D eigenvalue weighted by atomic mass is 32.2. The molecule has 19 heavy (non-hydrogen) atoms. The van der Waals surface area contributed by atoms with E-state index in [4.69, 9.17) is 12.2 Å². The molecular weight excluding hydrogens is 286 g/mol. The van der Waals surface area contributed by atoms with Crippen LogP contribution in [-0.2, 0) is 9.59 Å². The lowest BCUT2D eigenvalue weighted by Gasteiger charge is -2.33. The number of allylic oxidation sites excluding steroid dienone is 1. The minimum atomic E-state index is -1.02. The van der Waals surface area contributed by atoms with Gasteiger partial charge in [-0.1, -0.05) is 0 Å². The summed E-state index contributed by atoms with van der Waals surface area (Å²) >= 11 is 6.44. The Morgan fingerprint density at radius 1 is 1.63 bits per heavy atom. The molecule has 0 aromatic rings. The number of nitrogens with zero attached hydrogens (tertiary/aromatic N) is 1. The van der Waals surface area contributed by atoms with Gasteiger partial charge in [0.05, 0.1) is 11.8 Å². The van der Waals surface area contributed by atoms with Crippen LogP contribution in [0.15, 0.2) is 10.6 Å². The highest BCUT2D eigenvalue weighted by Crippen LogP contribution is 2.47. The molecule has 1 fully saturated rings. The van der Waals surface area contributed by atoms with E-state index < -0.39 is 5.97 Å². The first kappa shape index (κ1) is 14.1. The van der Waals surface area contributed by atoms with Crippen molar-refractivity contribution in [3.05, 3.63) is 10.6 Å². The van der Waals surface area contributed by atoms with Gasteiger partial charge in [0.25, 0.3) is 0 Å². The second kappa shape index (κ2) is 5.79. The highest BCUT2D eigenvalue weighted by molar-refractivity contribution is 8.04. The van der Waals surface area contributed by atoms with Crippen LogP contribution < -0.4 is 10.6 Å². The maximum Gasteiger partial charge on any atom is 0.353 e. The Labute approximate surface area is 120 Å². The molecule has 2 aliphatic heterocycles. The van der Waals surface area contributed by atoms with Gasteiger partial charge < -0.3 is 15.7 Å². The molecule has 0 aromatic carbocycles. The molecule has 1 saturated heterocycles. The van der Waals surface area contributed by atoms with Gasteiger partial charge in [-0.15, -0.1) is 11.8 Å². The number of nitrogens with one attached hydrogen (secondary N) is 2. The van der Waals surface area contributed by atoms with Crippen LogP contribution in [0.25, 0.3) is 0 Å². The summed E-state index contributed by atoms with van der Waals surface area (Å²) in [5, 5.41) is 15.6. The van der Waals surface area contributed by atoms with Gasteiger partial charge in [0.1, 0.15) is 5.70 Å². The van der Waals surface area contributed by atoms with E-state index in [1.54, 1.807) is 7.05 Å². The van der Waals surface area contributed by atoms with Crippen molar-refractivity contribution in [2.24, 2.45) is 0 Å². The number of carboxylic acid groups (broad SMARTS) is 1. The number of thiocarbonyl (C=S) groups is 1.